The fraction of sp³-hybridized carbons (Fsp3) is 0.444. The number of aromatic nitrogens is 1. The van der Waals surface area contributed by atoms with Crippen molar-refractivity contribution in [3.63, 3.8) is 0 Å². The predicted octanol–water partition coefficient (Wildman–Crippen LogP) is 3.06. The molecule has 1 aromatic carbocycles. The van der Waals surface area contributed by atoms with Crippen LogP contribution in [0.2, 0.25) is 0 Å². The van der Waals surface area contributed by atoms with E-state index >= 15 is 0 Å². The van der Waals surface area contributed by atoms with E-state index in [0.29, 0.717) is 18.5 Å². The number of para-hydroxylation sites is 1. The third kappa shape index (κ3) is 4.04. The van der Waals surface area contributed by atoms with Gasteiger partial charge in [-0.25, -0.2) is 0 Å². The quantitative estimate of drug-likeness (QED) is 0.352. The molecule has 1 aromatic heterocycles. The maximum atomic E-state index is 8.90. The van der Waals surface area contributed by atoms with Gasteiger partial charge in [0.25, 0.3) is 0 Å². The molecular weight excluding hydrogens is 286 g/mol. The van der Waals surface area contributed by atoms with Gasteiger partial charge in [0.15, 0.2) is 6.19 Å². The molecule has 5 nitrogen and oxygen atoms in total. The molecule has 5 heteroatoms. The lowest BCUT2D eigenvalue weighted by molar-refractivity contribution is 0.411. The topological polar surface area (TPSA) is 76.0 Å². The van der Waals surface area contributed by atoms with Crippen LogP contribution in [0, 0.1) is 11.5 Å². The highest BCUT2D eigenvalue weighted by Crippen LogP contribution is 2.18. The molecule has 1 saturated carbocycles. The molecule has 1 fully saturated rings. The van der Waals surface area contributed by atoms with E-state index in [-0.39, 0.29) is 0 Å². The Hall–Kier alpha value is -2.48. The lowest BCUT2D eigenvalue weighted by Crippen LogP contribution is -2.42. The summed E-state index contributed by atoms with van der Waals surface area (Å²) in [6.45, 7) is 0.658. The number of H-pyrrole nitrogens is 1. The van der Waals surface area contributed by atoms with Crippen molar-refractivity contribution in [1.82, 2.24) is 15.6 Å². The number of nitriles is 1. The van der Waals surface area contributed by atoms with Crippen LogP contribution in [0.15, 0.2) is 35.5 Å². The van der Waals surface area contributed by atoms with Crippen LogP contribution in [0.3, 0.4) is 0 Å². The van der Waals surface area contributed by atoms with Crippen molar-refractivity contribution in [2.45, 2.75) is 44.6 Å². The first-order valence-corrected chi connectivity index (χ1v) is 8.38. The fourth-order valence-corrected chi connectivity index (χ4v) is 3.24. The van der Waals surface area contributed by atoms with Gasteiger partial charge in [-0.2, -0.15) is 5.26 Å². The number of nitrogens with zero attached hydrogens (tertiary/aromatic N) is 2. The summed E-state index contributed by atoms with van der Waals surface area (Å²) in [4.78, 5) is 7.83. The van der Waals surface area contributed by atoms with E-state index in [2.05, 4.69) is 38.8 Å². The summed E-state index contributed by atoms with van der Waals surface area (Å²) in [7, 11) is 0. The largest absolute Gasteiger partial charge is 0.361 e. The Kier molecular flexibility index (Phi) is 5.15. The molecular formula is C18H23N5. The summed E-state index contributed by atoms with van der Waals surface area (Å²) in [5.74, 6) is 0.610. The average molecular weight is 309 g/mol. The zero-order valence-electron chi connectivity index (χ0n) is 13.3. The average Bonchev–Trinajstić information content (AvgIpc) is 2.99. The first-order chi connectivity index (χ1) is 11.4. The van der Waals surface area contributed by atoms with Crippen molar-refractivity contribution < 1.29 is 0 Å². The molecule has 3 N–H and O–H groups in total. The zero-order valence-corrected chi connectivity index (χ0v) is 13.3. The molecule has 1 heterocycles. The van der Waals surface area contributed by atoms with Gasteiger partial charge in [-0.15, -0.1) is 0 Å². The van der Waals surface area contributed by atoms with E-state index in [4.69, 9.17) is 5.26 Å². The minimum atomic E-state index is 0.441. The molecule has 0 amide bonds. The zero-order chi connectivity index (χ0) is 15.9. The van der Waals surface area contributed by atoms with Crippen molar-refractivity contribution in [3.8, 4) is 6.19 Å². The number of rotatable bonds is 4. The molecule has 0 bridgehead atoms. The number of hydrogen-bond acceptors (Lipinski definition) is 2. The van der Waals surface area contributed by atoms with Crippen LogP contribution < -0.4 is 10.6 Å². The molecule has 0 atom stereocenters. The second-order valence-electron chi connectivity index (χ2n) is 6.06. The third-order valence-electron chi connectivity index (χ3n) is 4.45. The summed E-state index contributed by atoms with van der Waals surface area (Å²) < 4.78 is 0. The predicted molar refractivity (Wildman–Crippen MR) is 93.1 cm³/mol. The van der Waals surface area contributed by atoms with Crippen LogP contribution in [0.25, 0.3) is 10.9 Å². The smallest absolute Gasteiger partial charge is 0.204 e. The Morgan fingerprint density at radius 2 is 2.09 bits per heavy atom. The molecule has 0 unspecified atom stereocenters. The summed E-state index contributed by atoms with van der Waals surface area (Å²) >= 11 is 0. The second-order valence-corrected chi connectivity index (χ2v) is 6.06. The monoisotopic (exact) mass is 309 g/mol. The first-order valence-electron chi connectivity index (χ1n) is 8.38. The van der Waals surface area contributed by atoms with Crippen molar-refractivity contribution in [1.29, 1.82) is 5.26 Å². The van der Waals surface area contributed by atoms with Gasteiger partial charge in [0.05, 0.1) is 0 Å². The van der Waals surface area contributed by atoms with Crippen LogP contribution in [0.5, 0.6) is 0 Å². The van der Waals surface area contributed by atoms with Gasteiger partial charge < -0.3 is 10.3 Å². The van der Waals surface area contributed by atoms with E-state index in [1.165, 1.54) is 30.2 Å². The van der Waals surface area contributed by atoms with E-state index in [0.717, 1.165) is 24.8 Å². The SMILES string of the molecule is N#CNC(=NCCc1c[nH]c2ccccc12)NC1CCCCC1. The molecule has 1 aliphatic rings. The summed E-state index contributed by atoms with van der Waals surface area (Å²) in [5, 5.41) is 16.2. The lowest BCUT2D eigenvalue weighted by Gasteiger charge is -2.23. The van der Waals surface area contributed by atoms with Crippen LogP contribution in [0.4, 0.5) is 0 Å². The minimum absolute atomic E-state index is 0.441. The van der Waals surface area contributed by atoms with Gasteiger partial charge in [-0.1, -0.05) is 37.5 Å². The third-order valence-corrected chi connectivity index (χ3v) is 4.45. The Morgan fingerprint density at radius 1 is 1.26 bits per heavy atom. The molecule has 0 spiro atoms. The lowest BCUT2D eigenvalue weighted by atomic mass is 9.96. The maximum absolute atomic E-state index is 8.90. The Morgan fingerprint density at radius 3 is 2.91 bits per heavy atom. The first kappa shape index (κ1) is 15.4. The number of aliphatic imine (C=N–C) groups is 1. The van der Waals surface area contributed by atoms with Gasteiger partial charge >= 0.3 is 0 Å². The van der Waals surface area contributed by atoms with Crippen molar-refractivity contribution in [2.75, 3.05) is 6.54 Å². The van der Waals surface area contributed by atoms with Gasteiger partial charge in [0.2, 0.25) is 5.96 Å². The molecule has 120 valence electrons. The highest BCUT2D eigenvalue weighted by atomic mass is 15.2. The highest BCUT2D eigenvalue weighted by molar-refractivity contribution is 5.83. The second kappa shape index (κ2) is 7.68. The number of hydrogen-bond donors (Lipinski definition) is 3. The van der Waals surface area contributed by atoms with E-state index in [9.17, 15) is 0 Å². The minimum Gasteiger partial charge on any atom is -0.361 e. The molecule has 0 radical (unpaired) electrons. The normalized spacial score (nSPS) is 16.2. The number of benzene rings is 1. The maximum Gasteiger partial charge on any atom is 0.204 e. The van der Waals surface area contributed by atoms with Crippen molar-refractivity contribution in [3.05, 3.63) is 36.0 Å². The number of aromatic amines is 1. The van der Waals surface area contributed by atoms with E-state index in [1.807, 2.05) is 18.5 Å². The Labute approximate surface area is 136 Å². The standard InChI is InChI=1S/C18H23N5/c19-13-22-18(23-15-6-2-1-3-7-15)20-11-10-14-12-21-17-9-5-4-8-16(14)17/h4-5,8-9,12,15,21H,1-3,6-7,10-11H2,(H2,20,22,23). The van der Waals surface area contributed by atoms with Crippen molar-refractivity contribution in [2.24, 2.45) is 4.99 Å². The number of fused-ring (bicyclic) bond motifs is 1. The highest BCUT2D eigenvalue weighted by Gasteiger charge is 2.14. The van der Waals surface area contributed by atoms with Crippen LogP contribution in [-0.4, -0.2) is 23.5 Å². The van der Waals surface area contributed by atoms with Crippen LogP contribution in [0.1, 0.15) is 37.7 Å². The number of nitrogens with one attached hydrogen (secondary N) is 3. The molecule has 23 heavy (non-hydrogen) atoms. The number of guanidine groups is 1. The fourth-order valence-electron chi connectivity index (χ4n) is 3.24. The molecule has 0 aliphatic heterocycles. The van der Waals surface area contributed by atoms with E-state index in [1.54, 1.807) is 0 Å². The van der Waals surface area contributed by atoms with Gasteiger partial charge in [0, 0.05) is 29.7 Å². The summed E-state index contributed by atoms with van der Waals surface area (Å²) in [5.41, 5.74) is 2.42. The van der Waals surface area contributed by atoms with E-state index < -0.39 is 0 Å². The van der Waals surface area contributed by atoms with Crippen LogP contribution in [-0.2, 0) is 6.42 Å². The molecule has 3 rings (SSSR count). The van der Waals surface area contributed by atoms with Crippen LogP contribution >= 0.6 is 0 Å². The molecule has 1 aliphatic carbocycles. The Bertz CT molecular complexity index is 704. The van der Waals surface area contributed by atoms with Gasteiger partial charge in [-0.3, -0.25) is 10.3 Å². The van der Waals surface area contributed by atoms with Gasteiger partial charge in [0.1, 0.15) is 0 Å². The van der Waals surface area contributed by atoms with Crippen molar-refractivity contribution >= 4 is 16.9 Å². The molecule has 2 aromatic rings. The summed E-state index contributed by atoms with van der Waals surface area (Å²) in [6.07, 6.45) is 11.0. The summed E-state index contributed by atoms with van der Waals surface area (Å²) in [6, 6.07) is 8.73. The van der Waals surface area contributed by atoms with Gasteiger partial charge in [-0.05, 0) is 30.9 Å². The molecule has 0 saturated heterocycles. The Balaban J connectivity index is 1.60.